The number of anilines is 1. The zero-order valence-electron chi connectivity index (χ0n) is 16.1. The molecule has 1 aliphatic rings. The Morgan fingerprint density at radius 3 is 1.97 bits per heavy atom. The third kappa shape index (κ3) is 3.89. The van der Waals surface area contributed by atoms with E-state index in [0.29, 0.717) is 24.3 Å². The van der Waals surface area contributed by atoms with Crippen molar-refractivity contribution >= 4 is 21.6 Å². The van der Waals surface area contributed by atoms with Gasteiger partial charge in [-0.25, -0.2) is 8.42 Å². The largest absolute Gasteiger partial charge is 0.330 e. The van der Waals surface area contributed by atoms with Crippen LogP contribution in [0, 0.1) is 0 Å². The minimum atomic E-state index is -3.48. The molecule has 0 spiro atoms. The van der Waals surface area contributed by atoms with E-state index in [1.807, 2.05) is 36.4 Å². The van der Waals surface area contributed by atoms with Crippen LogP contribution in [-0.2, 0) is 23.1 Å². The summed E-state index contributed by atoms with van der Waals surface area (Å²) in [5, 5.41) is 0. The molecule has 4 rings (SSSR count). The lowest BCUT2D eigenvalue weighted by Crippen LogP contribution is -2.30. The molecule has 0 aromatic heterocycles. The van der Waals surface area contributed by atoms with Crippen LogP contribution in [0.3, 0.4) is 0 Å². The van der Waals surface area contributed by atoms with Gasteiger partial charge in [0.2, 0.25) is 10.0 Å². The molecule has 0 bridgehead atoms. The lowest BCUT2D eigenvalue weighted by atomic mass is 9.97. The Labute approximate surface area is 171 Å². The lowest BCUT2D eigenvalue weighted by molar-refractivity contribution is 0.0733. The van der Waals surface area contributed by atoms with Gasteiger partial charge in [0.05, 0.1) is 17.0 Å². The van der Waals surface area contributed by atoms with Gasteiger partial charge in [-0.05, 0) is 41.3 Å². The predicted molar refractivity (Wildman–Crippen MR) is 115 cm³/mol. The smallest absolute Gasteiger partial charge is 0.256 e. The van der Waals surface area contributed by atoms with E-state index in [0.717, 1.165) is 22.3 Å². The molecule has 1 amide bonds. The number of hydrogen-bond acceptors (Lipinski definition) is 3. The summed E-state index contributed by atoms with van der Waals surface area (Å²) in [7, 11) is -3.48. The van der Waals surface area contributed by atoms with Crippen molar-refractivity contribution in [1.82, 2.24) is 4.90 Å². The van der Waals surface area contributed by atoms with Crippen LogP contribution in [0.25, 0.3) is 11.1 Å². The molecule has 148 valence electrons. The highest BCUT2D eigenvalue weighted by molar-refractivity contribution is 7.92. The van der Waals surface area contributed by atoms with Gasteiger partial charge >= 0.3 is 0 Å². The summed E-state index contributed by atoms with van der Waals surface area (Å²) in [6.45, 7) is 2.48. The van der Waals surface area contributed by atoms with Crippen molar-refractivity contribution in [3.63, 3.8) is 0 Å². The monoisotopic (exact) mass is 406 g/mol. The van der Waals surface area contributed by atoms with E-state index < -0.39 is 10.0 Å². The summed E-state index contributed by atoms with van der Waals surface area (Å²) < 4.78 is 26.7. The Hall–Kier alpha value is -3.12. The van der Waals surface area contributed by atoms with Crippen molar-refractivity contribution in [1.29, 1.82) is 0 Å². The van der Waals surface area contributed by atoms with E-state index in [1.54, 1.807) is 36.1 Å². The van der Waals surface area contributed by atoms with E-state index >= 15 is 0 Å². The predicted octanol–water partition coefficient (Wildman–Crippen LogP) is 4.27. The summed E-state index contributed by atoms with van der Waals surface area (Å²) in [5.41, 5.74) is 5.04. The van der Waals surface area contributed by atoms with Crippen LogP contribution in [0.5, 0.6) is 0 Å². The number of nitrogens with one attached hydrogen (secondary N) is 1. The maximum atomic E-state index is 13.5. The topological polar surface area (TPSA) is 66.5 Å². The highest BCUT2D eigenvalue weighted by Crippen LogP contribution is 2.33. The molecule has 0 fully saturated rings. The summed E-state index contributed by atoms with van der Waals surface area (Å²) >= 11 is 0. The van der Waals surface area contributed by atoms with E-state index in [2.05, 4.69) is 16.9 Å². The molecule has 6 heteroatoms. The SMILES string of the molecule is CCS(=O)(=O)Nc1ccccc1C(=O)N1Cc2ccccc2-c2ccccc2C1. The molecule has 3 aromatic carbocycles. The molecule has 0 aliphatic carbocycles. The molecule has 1 N–H and O–H groups in total. The van der Waals surface area contributed by atoms with Gasteiger partial charge in [-0.2, -0.15) is 0 Å². The van der Waals surface area contributed by atoms with Crippen LogP contribution in [0.1, 0.15) is 28.4 Å². The maximum absolute atomic E-state index is 13.5. The molecule has 0 saturated heterocycles. The average Bonchev–Trinajstić information content (AvgIpc) is 2.90. The minimum Gasteiger partial charge on any atom is -0.330 e. The number of rotatable bonds is 4. The molecule has 0 atom stereocenters. The summed E-state index contributed by atoms with van der Waals surface area (Å²) in [6, 6.07) is 22.9. The first kappa shape index (κ1) is 19.2. The fraction of sp³-hybridized carbons (Fsp3) is 0.174. The quantitative estimate of drug-likeness (QED) is 0.704. The van der Waals surface area contributed by atoms with Gasteiger partial charge in [0.15, 0.2) is 0 Å². The second kappa shape index (κ2) is 7.72. The standard InChI is InChI=1S/C23H22N2O3S/c1-2-29(27,28)24-22-14-8-7-13-21(22)23(26)25-15-17-9-3-5-11-19(17)20-12-6-4-10-18(20)16-25/h3-14,24H,2,15-16H2,1H3. The third-order valence-corrected chi connectivity index (χ3v) is 6.43. The Morgan fingerprint density at radius 2 is 1.38 bits per heavy atom. The van der Waals surface area contributed by atoms with Gasteiger partial charge in [0.1, 0.15) is 0 Å². The summed E-state index contributed by atoms with van der Waals surface area (Å²) in [4.78, 5) is 15.2. The highest BCUT2D eigenvalue weighted by atomic mass is 32.2. The fourth-order valence-corrected chi connectivity index (χ4v) is 4.28. The van der Waals surface area contributed by atoms with Gasteiger partial charge in [-0.1, -0.05) is 60.7 Å². The van der Waals surface area contributed by atoms with Gasteiger partial charge in [0.25, 0.3) is 5.91 Å². The van der Waals surface area contributed by atoms with E-state index in [-0.39, 0.29) is 11.7 Å². The number of nitrogens with zero attached hydrogens (tertiary/aromatic N) is 1. The van der Waals surface area contributed by atoms with Gasteiger partial charge in [-0.3, -0.25) is 9.52 Å². The molecule has 0 saturated carbocycles. The normalized spacial score (nSPS) is 13.2. The molecule has 1 heterocycles. The lowest BCUT2D eigenvalue weighted by Gasteiger charge is -2.23. The van der Waals surface area contributed by atoms with Crippen LogP contribution in [0.15, 0.2) is 72.8 Å². The molecule has 29 heavy (non-hydrogen) atoms. The van der Waals surface area contributed by atoms with Crippen molar-refractivity contribution in [2.24, 2.45) is 0 Å². The number of fused-ring (bicyclic) bond motifs is 3. The third-order valence-electron chi connectivity index (χ3n) is 5.14. The number of amides is 1. The van der Waals surface area contributed by atoms with Crippen LogP contribution in [0.4, 0.5) is 5.69 Å². The molecule has 1 aliphatic heterocycles. The molecular weight excluding hydrogens is 384 g/mol. The molecule has 3 aromatic rings. The Morgan fingerprint density at radius 1 is 0.862 bits per heavy atom. The van der Waals surface area contributed by atoms with Crippen LogP contribution >= 0.6 is 0 Å². The second-order valence-electron chi connectivity index (χ2n) is 7.03. The number of carbonyl (C=O) groups is 1. The number of hydrogen-bond donors (Lipinski definition) is 1. The Bertz CT molecular complexity index is 1120. The first-order valence-electron chi connectivity index (χ1n) is 9.53. The molecule has 0 unspecified atom stereocenters. The number of benzene rings is 3. The summed E-state index contributed by atoms with van der Waals surface area (Å²) in [5.74, 6) is -0.258. The van der Waals surface area contributed by atoms with Crippen molar-refractivity contribution in [2.75, 3.05) is 10.5 Å². The first-order chi connectivity index (χ1) is 14.0. The zero-order valence-corrected chi connectivity index (χ0v) is 16.9. The van der Waals surface area contributed by atoms with Crippen LogP contribution < -0.4 is 4.72 Å². The summed E-state index contributed by atoms with van der Waals surface area (Å²) in [6.07, 6.45) is 0. The zero-order chi connectivity index (χ0) is 20.4. The van der Waals surface area contributed by atoms with Crippen molar-refractivity contribution in [2.45, 2.75) is 20.0 Å². The van der Waals surface area contributed by atoms with E-state index in [9.17, 15) is 13.2 Å². The fourth-order valence-electron chi connectivity index (χ4n) is 3.62. The molecule has 5 nitrogen and oxygen atoms in total. The Kier molecular flexibility index (Phi) is 5.11. The number of carbonyl (C=O) groups excluding carboxylic acids is 1. The second-order valence-corrected chi connectivity index (χ2v) is 9.04. The van der Waals surface area contributed by atoms with Crippen molar-refractivity contribution in [3.05, 3.63) is 89.5 Å². The maximum Gasteiger partial charge on any atom is 0.256 e. The minimum absolute atomic E-state index is 0.0556. The molecule has 0 radical (unpaired) electrons. The number of sulfonamides is 1. The van der Waals surface area contributed by atoms with Crippen molar-refractivity contribution < 1.29 is 13.2 Å². The molecular formula is C23H22N2O3S. The van der Waals surface area contributed by atoms with Gasteiger partial charge < -0.3 is 4.90 Å². The number of para-hydroxylation sites is 1. The van der Waals surface area contributed by atoms with E-state index in [1.165, 1.54) is 0 Å². The highest BCUT2D eigenvalue weighted by Gasteiger charge is 2.25. The van der Waals surface area contributed by atoms with Crippen LogP contribution in [-0.4, -0.2) is 25.0 Å². The Balaban J connectivity index is 1.75. The average molecular weight is 407 g/mol. The van der Waals surface area contributed by atoms with Gasteiger partial charge in [0, 0.05) is 13.1 Å². The first-order valence-corrected chi connectivity index (χ1v) is 11.2. The van der Waals surface area contributed by atoms with Crippen LogP contribution in [0.2, 0.25) is 0 Å². The van der Waals surface area contributed by atoms with E-state index in [4.69, 9.17) is 0 Å². The van der Waals surface area contributed by atoms with Gasteiger partial charge in [-0.15, -0.1) is 0 Å². The van der Waals surface area contributed by atoms with Crippen molar-refractivity contribution in [3.8, 4) is 11.1 Å².